The van der Waals surface area contributed by atoms with Gasteiger partial charge in [-0.15, -0.1) is 0 Å². The van der Waals surface area contributed by atoms with Crippen LogP contribution >= 0.6 is 0 Å². The molecule has 4 aromatic rings. The van der Waals surface area contributed by atoms with Gasteiger partial charge in [0.15, 0.2) is 11.5 Å². The van der Waals surface area contributed by atoms with Crippen molar-refractivity contribution >= 4 is 23.1 Å². The number of hydrogen-bond donors (Lipinski definition) is 1. The molecule has 38 heavy (non-hydrogen) atoms. The monoisotopic (exact) mass is 511 g/mol. The number of methoxy groups -OCH3 is 1. The topological polar surface area (TPSA) is 103 Å². The summed E-state index contributed by atoms with van der Waals surface area (Å²) in [6.07, 6.45) is 7.10. The first-order chi connectivity index (χ1) is 18.5. The fraction of sp³-hybridized carbons (Fsp3) is 0.267. The van der Waals surface area contributed by atoms with Gasteiger partial charge in [0.1, 0.15) is 12.4 Å². The maximum atomic E-state index is 13.4. The fourth-order valence-corrected chi connectivity index (χ4v) is 4.79. The average molecular weight is 512 g/mol. The molecule has 5 rings (SSSR count). The number of carbonyl (C=O) groups is 1. The van der Waals surface area contributed by atoms with Crippen molar-refractivity contribution in [1.82, 2.24) is 9.66 Å². The number of ether oxygens (including phenoxy) is 2. The number of carboxylic acids is 1. The number of nitrogens with zero attached hydrogens (tertiary/aromatic N) is 3. The largest absolute Gasteiger partial charge is 0.493 e. The Morgan fingerprint density at radius 1 is 1.05 bits per heavy atom. The first-order valence-corrected chi connectivity index (χ1v) is 12.7. The van der Waals surface area contributed by atoms with Crippen LogP contribution < -0.4 is 15.0 Å². The summed E-state index contributed by atoms with van der Waals surface area (Å²) in [5.74, 6) is 1.01. The molecule has 0 bridgehead atoms. The zero-order chi connectivity index (χ0) is 26.5. The van der Waals surface area contributed by atoms with Crippen LogP contribution in [-0.4, -0.2) is 34.1 Å². The summed E-state index contributed by atoms with van der Waals surface area (Å²) in [5, 5.41) is 14.2. The van der Waals surface area contributed by atoms with E-state index in [1.807, 2.05) is 24.3 Å². The summed E-state index contributed by atoms with van der Waals surface area (Å²) in [6.45, 7) is 0.257. The molecule has 1 fully saturated rings. The summed E-state index contributed by atoms with van der Waals surface area (Å²) < 4.78 is 12.9. The van der Waals surface area contributed by atoms with Gasteiger partial charge in [-0.2, -0.15) is 9.78 Å². The molecule has 0 spiro atoms. The molecule has 1 saturated carbocycles. The van der Waals surface area contributed by atoms with E-state index in [2.05, 4.69) is 5.10 Å². The molecule has 0 aliphatic heterocycles. The second-order valence-electron chi connectivity index (χ2n) is 9.38. The van der Waals surface area contributed by atoms with Crippen molar-refractivity contribution < 1.29 is 19.4 Å². The maximum absolute atomic E-state index is 13.4. The summed E-state index contributed by atoms with van der Waals surface area (Å²) in [6, 6.07) is 19.3. The van der Waals surface area contributed by atoms with Gasteiger partial charge < -0.3 is 14.6 Å². The molecule has 0 saturated heterocycles. The van der Waals surface area contributed by atoms with Crippen molar-refractivity contribution in [2.24, 2.45) is 5.10 Å². The Labute approximate surface area is 220 Å². The fourth-order valence-electron chi connectivity index (χ4n) is 4.79. The van der Waals surface area contributed by atoms with Crippen molar-refractivity contribution in [3.63, 3.8) is 0 Å². The molecular weight excluding hydrogens is 482 g/mol. The van der Waals surface area contributed by atoms with E-state index >= 15 is 0 Å². The third-order valence-electron chi connectivity index (χ3n) is 6.85. The Kier molecular flexibility index (Phi) is 7.49. The van der Waals surface area contributed by atoms with Crippen LogP contribution in [0.2, 0.25) is 0 Å². The minimum Gasteiger partial charge on any atom is -0.493 e. The summed E-state index contributed by atoms with van der Waals surface area (Å²) in [4.78, 5) is 29.3. The quantitative estimate of drug-likeness (QED) is 0.308. The van der Waals surface area contributed by atoms with E-state index in [0.29, 0.717) is 28.2 Å². The van der Waals surface area contributed by atoms with Crippen molar-refractivity contribution in [3.05, 3.63) is 99.6 Å². The second-order valence-corrected chi connectivity index (χ2v) is 9.38. The molecule has 0 atom stereocenters. The smallest absolute Gasteiger partial charge is 0.335 e. The van der Waals surface area contributed by atoms with Gasteiger partial charge >= 0.3 is 5.97 Å². The standard InChI is InChI=1S/C30H29N3O5/c1-37-27-17-21(13-16-26(27)38-19-20-11-14-23(15-12-20)30(35)36)18-31-33-28(22-7-3-2-4-8-22)32-25-10-6-5-9-24(25)29(33)34/h5-6,9-18,22H,2-4,7-8,19H2,1H3,(H,35,36). The maximum Gasteiger partial charge on any atom is 0.335 e. The number of para-hydroxylation sites is 1. The lowest BCUT2D eigenvalue weighted by Crippen LogP contribution is -2.25. The van der Waals surface area contributed by atoms with Crippen LogP contribution in [0, 0.1) is 0 Å². The van der Waals surface area contributed by atoms with Crippen LogP contribution in [0.3, 0.4) is 0 Å². The molecule has 1 aliphatic rings. The molecule has 1 N–H and O–H groups in total. The van der Waals surface area contributed by atoms with Gasteiger partial charge in [0.2, 0.25) is 0 Å². The van der Waals surface area contributed by atoms with Gasteiger partial charge in [-0.1, -0.05) is 43.5 Å². The number of aromatic carboxylic acids is 1. The van der Waals surface area contributed by atoms with Crippen LogP contribution in [0.15, 0.2) is 76.6 Å². The van der Waals surface area contributed by atoms with Gasteiger partial charge in [0, 0.05) is 5.92 Å². The van der Waals surface area contributed by atoms with E-state index in [1.54, 1.807) is 55.8 Å². The van der Waals surface area contributed by atoms with Crippen LogP contribution in [-0.2, 0) is 6.61 Å². The third kappa shape index (κ3) is 5.44. The zero-order valence-electron chi connectivity index (χ0n) is 21.2. The van der Waals surface area contributed by atoms with E-state index in [-0.39, 0.29) is 23.6 Å². The SMILES string of the molecule is COc1cc(C=Nn2c(C3CCCCC3)nc3ccccc3c2=O)ccc1OCc1ccc(C(=O)O)cc1. The minimum atomic E-state index is -0.969. The predicted molar refractivity (Wildman–Crippen MR) is 146 cm³/mol. The molecule has 0 unspecified atom stereocenters. The highest BCUT2D eigenvalue weighted by Crippen LogP contribution is 2.32. The highest BCUT2D eigenvalue weighted by molar-refractivity contribution is 5.87. The highest BCUT2D eigenvalue weighted by atomic mass is 16.5. The Bertz CT molecular complexity index is 1540. The lowest BCUT2D eigenvalue weighted by Gasteiger charge is -2.22. The van der Waals surface area contributed by atoms with E-state index in [9.17, 15) is 9.59 Å². The first kappa shape index (κ1) is 25.2. The van der Waals surface area contributed by atoms with E-state index in [1.165, 1.54) is 11.1 Å². The number of rotatable bonds is 8. The predicted octanol–water partition coefficient (Wildman–Crippen LogP) is 5.61. The van der Waals surface area contributed by atoms with Crippen LogP contribution in [0.5, 0.6) is 11.5 Å². The Morgan fingerprint density at radius 3 is 2.55 bits per heavy atom. The van der Waals surface area contributed by atoms with Gasteiger partial charge in [-0.05, 0) is 66.4 Å². The molecule has 1 aliphatic carbocycles. The molecule has 1 heterocycles. The van der Waals surface area contributed by atoms with Crippen molar-refractivity contribution in [2.75, 3.05) is 7.11 Å². The molecule has 1 aromatic heterocycles. The Morgan fingerprint density at radius 2 is 1.82 bits per heavy atom. The third-order valence-corrected chi connectivity index (χ3v) is 6.85. The molecule has 3 aromatic carbocycles. The molecule has 8 heteroatoms. The number of carboxylic acid groups (broad SMARTS) is 1. The van der Waals surface area contributed by atoms with E-state index < -0.39 is 5.97 Å². The normalized spacial score (nSPS) is 14.1. The second kappa shape index (κ2) is 11.3. The van der Waals surface area contributed by atoms with E-state index in [4.69, 9.17) is 19.6 Å². The summed E-state index contributed by atoms with van der Waals surface area (Å²) in [5.41, 5.74) is 2.33. The molecule has 0 amide bonds. The van der Waals surface area contributed by atoms with Crippen LogP contribution in [0.25, 0.3) is 10.9 Å². The summed E-state index contributed by atoms with van der Waals surface area (Å²) >= 11 is 0. The molecular formula is C30H29N3O5. The van der Waals surface area contributed by atoms with E-state index in [0.717, 1.165) is 36.8 Å². The zero-order valence-corrected chi connectivity index (χ0v) is 21.2. The van der Waals surface area contributed by atoms with Gasteiger partial charge in [0.05, 0.1) is 29.8 Å². The van der Waals surface area contributed by atoms with Crippen LogP contribution in [0.1, 0.15) is 65.3 Å². The number of benzene rings is 3. The Hall–Kier alpha value is -4.46. The van der Waals surface area contributed by atoms with Crippen LogP contribution in [0.4, 0.5) is 0 Å². The number of hydrogen-bond acceptors (Lipinski definition) is 6. The first-order valence-electron chi connectivity index (χ1n) is 12.7. The minimum absolute atomic E-state index is 0.173. The van der Waals surface area contributed by atoms with Crippen molar-refractivity contribution in [1.29, 1.82) is 0 Å². The molecule has 0 radical (unpaired) electrons. The molecule has 194 valence electrons. The lowest BCUT2D eigenvalue weighted by molar-refractivity contribution is 0.0697. The highest BCUT2D eigenvalue weighted by Gasteiger charge is 2.22. The average Bonchev–Trinajstić information content (AvgIpc) is 2.96. The summed E-state index contributed by atoms with van der Waals surface area (Å²) in [7, 11) is 1.56. The van der Waals surface area contributed by atoms with Gasteiger partial charge in [-0.25, -0.2) is 9.78 Å². The van der Waals surface area contributed by atoms with Crippen molar-refractivity contribution in [3.8, 4) is 11.5 Å². The van der Waals surface area contributed by atoms with Gasteiger partial charge in [-0.3, -0.25) is 4.79 Å². The Balaban J connectivity index is 1.40. The van der Waals surface area contributed by atoms with Gasteiger partial charge in [0.25, 0.3) is 5.56 Å². The van der Waals surface area contributed by atoms with Crippen molar-refractivity contribution in [2.45, 2.75) is 44.6 Å². The lowest BCUT2D eigenvalue weighted by atomic mass is 9.88. The number of fused-ring (bicyclic) bond motifs is 1. The molecule has 8 nitrogen and oxygen atoms in total. The number of aromatic nitrogens is 2.